The quantitative estimate of drug-likeness (QED) is 0.519. The molecule has 3 fully saturated rings. The Balaban J connectivity index is 1.31. The van der Waals surface area contributed by atoms with Gasteiger partial charge in [0.1, 0.15) is 0 Å². The largest absolute Gasteiger partial charge is 0.378 e. The summed E-state index contributed by atoms with van der Waals surface area (Å²) < 4.78 is 0. The van der Waals surface area contributed by atoms with Crippen molar-refractivity contribution in [1.82, 2.24) is 4.98 Å². The second-order valence-corrected chi connectivity index (χ2v) is 13.0. The molecule has 2 bridgehead atoms. The highest BCUT2D eigenvalue weighted by Crippen LogP contribution is 2.68. The van der Waals surface area contributed by atoms with Gasteiger partial charge in [0.25, 0.3) is 0 Å². The fourth-order valence-electron chi connectivity index (χ4n) is 7.32. The zero-order chi connectivity index (χ0) is 24.9. The van der Waals surface area contributed by atoms with Crippen molar-refractivity contribution in [2.75, 3.05) is 23.9 Å². The fourth-order valence-corrected chi connectivity index (χ4v) is 10.2. The van der Waals surface area contributed by atoms with Crippen LogP contribution in [0.4, 0.5) is 11.4 Å². The lowest BCUT2D eigenvalue weighted by Gasteiger charge is -2.43. The average Bonchev–Trinajstić information content (AvgIpc) is 3.59. The summed E-state index contributed by atoms with van der Waals surface area (Å²) in [5.41, 5.74) is 4.09. The number of anilines is 2. The number of aromatic nitrogens is 1. The van der Waals surface area contributed by atoms with E-state index in [9.17, 15) is 14.4 Å². The van der Waals surface area contributed by atoms with E-state index in [1.807, 2.05) is 45.3 Å². The van der Waals surface area contributed by atoms with Gasteiger partial charge in [0, 0.05) is 35.8 Å². The fraction of sp³-hybridized carbons (Fsp3) is 0.393. The number of carbonyl (C=O) groups is 2. The smallest absolute Gasteiger partial charge is 0.305 e. The zero-order valence-corrected chi connectivity index (χ0v) is 21.9. The number of nitrogens with zero attached hydrogens (tertiary/aromatic N) is 2. The van der Waals surface area contributed by atoms with E-state index in [0.29, 0.717) is 5.69 Å². The number of thioether (sulfide) groups is 1. The van der Waals surface area contributed by atoms with Crippen molar-refractivity contribution in [2.45, 2.75) is 29.5 Å². The van der Waals surface area contributed by atoms with E-state index in [2.05, 4.69) is 34.1 Å². The summed E-state index contributed by atoms with van der Waals surface area (Å²) in [4.78, 5) is 47.6. The van der Waals surface area contributed by atoms with Crippen LogP contribution >= 0.6 is 23.1 Å². The zero-order valence-electron chi connectivity index (χ0n) is 20.3. The molecule has 7 atom stereocenters. The Labute approximate surface area is 217 Å². The van der Waals surface area contributed by atoms with Gasteiger partial charge < -0.3 is 9.88 Å². The third-order valence-electron chi connectivity index (χ3n) is 8.78. The molecule has 6 nitrogen and oxygen atoms in total. The molecule has 4 aliphatic rings. The molecule has 0 spiro atoms. The lowest BCUT2D eigenvalue weighted by Crippen LogP contribution is -2.42. The minimum absolute atomic E-state index is 0.0346. The number of amides is 2. The highest BCUT2D eigenvalue weighted by Gasteiger charge is 2.69. The highest BCUT2D eigenvalue weighted by molar-refractivity contribution is 8.00. The van der Waals surface area contributed by atoms with Crippen molar-refractivity contribution in [1.29, 1.82) is 0 Å². The second kappa shape index (κ2) is 7.83. The van der Waals surface area contributed by atoms with Crippen molar-refractivity contribution in [3.8, 4) is 0 Å². The van der Waals surface area contributed by atoms with Crippen LogP contribution in [-0.4, -0.2) is 36.1 Å². The number of carbonyl (C=O) groups excluding carboxylic acids is 2. The highest BCUT2D eigenvalue weighted by atomic mass is 32.2. The number of aromatic amines is 1. The van der Waals surface area contributed by atoms with Crippen LogP contribution in [-0.2, 0) is 9.59 Å². The molecule has 184 valence electrons. The number of rotatable bonds is 3. The molecule has 2 aliphatic carbocycles. The van der Waals surface area contributed by atoms with Crippen LogP contribution < -0.4 is 14.7 Å². The van der Waals surface area contributed by atoms with Gasteiger partial charge in [-0.15, -0.1) is 11.8 Å². The van der Waals surface area contributed by atoms with Gasteiger partial charge in [-0.25, -0.2) is 0 Å². The molecule has 2 aliphatic heterocycles. The lowest BCUT2D eigenvalue weighted by molar-refractivity contribution is -0.123. The minimum atomic E-state index is -0.272. The summed E-state index contributed by atoms with van der Waals surface area (Å²) in [6.45, 7) is 2.00. The van der Waals surface area contributed by atoms with Gasteiger partial charge in [0.05, 0.1) is 22.5 Å². The number of hydrogen-bond donors (Lipinski definition) is 1. The summed E-state index contributed by atoms with van der Waals surface area (Å²) in [7, 11) is 4.05. The van der Waals surface area contributed by atoms with E-state index in [1.54, 1.807) is 11.8 Å². The van der Waals surface area contributed by atoms with Crippen LogP contribution in [0.2, 0.25) is 0 Å². The molecular weight excluding hydrogens is 490 g/mol. The summed E-state index contributed by atoms with van der Waals surface area (Å²) in [6, 6.07) is 16.3. The molecule has 2 amide bonds. The molecule has 2 aromatic carbocycles. The summed E-state index contributed by atoms with van der Waals surface area (Å²) in [6.07, 6.45) is 0.905. The van der Waals surface area contributed by atoms with Crippen molar-refractivity contribution in [3.05, 3.63) is 74.2 Å². The van der Waals surface area contributed by atoms with E-state index >= 15 is 0 Å². The SMILES string of the molecule is Cc1ccc(N2C(=O)[C@@H]3[C@H]4C[C@@H]([C@H]3C2=O)[C@H]2[C@@H](c3ccc(N(C)C)cc3)c3sc(=O)[nH]c3S[C@H]42)cc1. The monoisotopic (exact) mass is 517 g/mol. The van der Waals surface area contributed by atoms with Gasteiger partial charge in [-0.2, -0.15) is 0 Å². The number of aryl methyl sites for hydroxylation is 1. The van der Waals surface area contributed by atoms with Crippen LogP contribution in [0.1, 0.15) is 28.3 Å². The third kappa shape index (κ3) is 3.00. The number of nitrogens with one attached hydrogen (secondary N) is 1. The lowest BCUT2D eigenvalue weighted by atomic mass is 9.68. The molecule has 0 unspecified atom stereocenters. The first-order valence-corrected chi connectivity index (χ1v) is 14.1. The first-order valence-electron chi connectivity index (χ1n) is 12.4. The number of H-pyrrole nitrogens is 1. The van der Waals surface area contributed by atoms with E-state index < -0.39 is 0 Å². The van der Waals surface area contributed by atoms with Gasteiger partial charge in [0.2, 0.25) is 11.8 Å². The van der Waals surface area contributed by atoms with Crippen molar-refractivity contribution < 1.29 is 9.59 Å². The van der Waals surface area contributed by atoms with E-state index in [1.165, 1.54) is 21.8 Å². The first kappa shape index (κ1) is 22.4. The third-order valence-corrected chi connectivity index (χ3v) is 11.4. The summed E-state index contributed by atoms with van der Waals surface area (Å²) in [5, 5.41) is 1.16. The topological polar surface area (TPSA) is 73.5 Å². The predicted molar refractivity (Wildman–Crippen MR) is 143 cm³/mol. The van der Waals surface area contributed by atoms with Crippen LogP contribution in [0.25, 0.3) is 0 Å². The number of benzene rings is 2. The molecule has 1 N–H and O–H groups in total. The molecule has 3 heterocycles. The van der Waals surface area contributed by atoms with Crippen LogP contribution in [0, 0.1) is 36.5 Å². The van der Waals surface area contributed by atoms with Crippen molar-refractivity contribution in [3.63, 3.8) is 0 Å². The Morgan fingerprint density at radius 2 is 1.58 bits per heavy atom. The van der Waals surface area contributed by atoms with Gasteiger partial charge in [-0.1, -0.05) is 41.2 Å². The van der Waals surface area contributed by atoms with Gasteiger partial charge in [-0.05, 0) is 60.9 Å². The van der Waals surface area contributed by atoms with E-state index in [-0.39, 0.29) is 57.4 Å². The van der Waals surface area contributed by atoms with Crippen LogP contribution in [0.5, 0.6) is 0 Å². The van der Waals surface area contributed by atoms with Crippen LogP contribution in [0.15, 0.2) is 58.4 Å². The summed E-state index contributed by atoms with van der Waals surface area (Å²) >= 11 is 3.03. The Kier molecular flexibility index (Phi) is 4.86. The molecule has 7 rings (SSSR count). The Hall–Kier alpha value is -2.84. The normalized spacial score (nSPS) is 32.0. The maximum atomic E-state index is 13.8. The van der Waals surface area contributed by atoms with Gasteiger partial charge in [0.15, 0.2) is 0 Å². The number of thiazole rings is 1. The van der Waals surface area contributed by atoms with Crippen molar-refractivity contribution >= 4 is 46.3 Å². The van der Waals surface area contributed by atoms with E-state index in [4.69, 9.17) is 0 Å². The Morgan fingerprint density at radius 1 is 0.917 bits per heavy atom. The maximum absolute atomic E-state index is 13.8. The van der Waals surface area contributed by atoms with Crippen LogP contribution in [0.3, 0.4) is 0 Å². The summed E-state index contributed by atoms with van der Waals surface area (Å²) in [5.74, 6) is -0.0711. The molecule has 0 radical (unpaired) electrons. The van der Waals surface area contributed by atoms with Gasteiger partial charge in [-0.3, -0.25) is 19.3 Å². The Bertz CT molecular complexity index is 1440. The number of fused-ring (bicyclic) bond motifs is 9. The molecule has 3 aromatic rings. The second-order valence-electron chi connectivity index (χ2n) is 10.8. The molecule has 1 saturated heterocycles. The predicted octanol–water partition coefficient (Wildman–Crippen LogP) is 4.49. The minimum Gasteiger partial charge on any atom is -0.378 e. The maximum Gasteiger partial charge on any atom is 0.305 e. The first-order chi connectivity index (χ1) is 17.3. The number of hydrogen-bond acceptors (Lipinski definition) is 6. The average molecular weight is 518 g/mol. The number of imide groups is 1. The van der Waals surface area contributed by atoms with Crippen molar-refractivity contribution in [2.24, 2.45) is 29.6 Å². The van der Waals surface area contributed by atoms with E-state index in [0.717, 1.165) is 27.6 Å². The molecule has 2 saturated carbocycles. The molecule has 8 heteroatoms. The molecule has 1 aromatic heterocycles. The molecule has 36 heavy (non-hydrogen) atoms. The Morgan fingerprint density at radius 3 is 2.25 bits per heavy atom. The molecular formula is C28H27N3O3S2. The standard InChI is InChI=1S/C28H27N3O3S2/c1-13-4-8-16(9-5-13)31-26(32)21-17-12-18(22(21)27(31)33)23-20(17)19(24-25(35-23)29-28(34)36-24)14-6-10-15(11-7-14)30(2)3/h4-11,17-23H,12H2,1-3H3,(H,29,34)/t17-,18-,19-,20+,21-,22-,23-/m1/s1. The van der Waals surface area contributed by atoms with Gasteiger partial charge >= 0.3 is 4.87 Å².